The van der Waals surface area contributed by atoms with Crippen molar-refractivity contribution in [2.75, 3.05) is 26.7 Å². The number of ether oxygens (including phenoxy) is 1. The molecule has 3 rings (SSSR count). The van der Waals surface area contributed by atoms with Crippen LogP contribution in [0.5, 0.6) is 5.75 Å². The van der Waals surface area contributed by atoms with E-state index in [2.05, 4.69) is 67.5 Å². The zero-order chi connectivity index (χ0) is 20.1. The number of guanidine groups is 1. The zero-order valence-corrected chi connectivity index (χ0v) is 20.5. The molecule has 2 aromatic rings. The normalized spacial score (nSPS) is 16.1. The Kier molecular flexibility index (Phi) is 8.79. The SMILES string of the molecule is CCNC(=NCC1CCOc2ccccc21)N(C)Cc1cn(C)nc1C(C)C.I. The van der Waals surface area contributed by atoms with Gasteiger partial charge in [-0.15, -0.1) is 24.0 Å². The average Bonchev–Trinajstić information content (AvgIpc) is 3.05. The maximum atomic E-state index is 5.79. The summed E-state index contributed by atoms with van der Waals surface area (Å²) in [4.78, 5) is 7.15. The first-order chi connectivity index (χ1) is 13.5. The molecule has 2 heterocycles. The van der Waals surface area contributed by atoms with E-state index in [1.54, 1.807) is 0 Å². The number of halogens is 1. The van der Waals surface area contributed by atoms with Crippen LogP contribution in [-0.4, -0.2) is 47.4 Å². The van der Waals surface area contributed by atoms with E-state index in [1.165, 1.54) is 11.1 Å². The molecule has 1 N–H and O–H groups in total. The molecule has 160 valence electrons. The van der Waals surface area contributed by atoms with Gasteiger partial charge in [0.1, 0.15) is 5.75 Å². The van der Waals surface area contributed by atoms with Crippen LogP contribution >= 0.6 is 24.0 Å². The van der Waals surface area contributed by atoms with Crippen LogP contribution in [0.4, 0.5) is 0 Å². The van der Waals surface area contributed by atoms with Crippen molar-refractivity contribution < 1.29 is 4.74 Å². The van der Waals surface area contributed by atoms with Crippen molar-refractivity contribution in [2.45, 2.75) is 45.6 Å². The number of aryl methyl sites for hydroxylation is 1. The first kappa shape index (κ1) is 23.5. The van der Waals surface area contributed by atoms with Gasteiger partial charge in [-0.25, -0.2) is 0 Å². The molecule has 1 aromatic carbocycles. The molecule has 0 aliphatic carbocycles. The van der Waals surface area contributed by atoms with Gasteiger partial charge in [0.15, 0.2) is 5.96 Å². The predicted octanol–water partition coefficient (Wildman–Crippen LogP) is 4.13. The first-order valence-corrected chi connectivity index (χ1v) is 10.2. The molecule has 0 fully saturated rings. The third-order valence-corrected chi connectivity index (χ3v) is 5.13. The molecule has 1 unspecified atom stereocenters. The summed E-state index contributed by atoms with van der Waals surface area (Å²) in [6, 6.07) is 8.33. The van der Waals surface area contributed by atoms with Gasteiger partial charge in [-0.1, -0.05) is 32.0 Å². The molecule has 1 atom stereocenters. The Morgan fingerprint density at radius 2 is 2.14 bits per heavy atom. The van der Waals surface area contributed by atoms with Crippen LogP contribution in [0.25, 0.3) is 0 Å². The van der Waals surface area contributed by atoms with Crippen LogP contribution in [0, 0.1) is 0 Å². The van der Waals surface area contributed by atoms with Crippen LogP contribution < -0.4 is 10.1 Å². The number of aliphatic imine (C=N–C) groups is 1. The summed E-state index contributed by atoms with van der Waals surface area (Å²) < 4.78 is 7.69. The van der Waals surface area contributed by atoms with Gasteiger partial charge in [-0.3, -0.25) is 9.67 Å². The maximum Gasteiger partial charge on any atom is 0.193 e. The van der Waals surface area contributed by atoms with Crippen molar-refractivity contribution in [3.63, 3.8) is 0 Å². The Hall–Kier alpha value is -1.77. The van der Waals surface area contributed by atoms with Gasteiger partial charge in [0.05, 0.1) is 12.3 Å². The van der Waals surface area contributed by atoms with E-state index in [4.69, 9.17) is 9.73 Å². The van der Waals surface area contributed by atoms with Crippen LogP contribution in [0.15, 0.2) is 35.5 Å². The fourth-order valence-corrected chi connectivity index (χ4v) is 3.77. The number of rotatable bonds is 6. The first-order valence-electron chi connectivity index (χ1n) is 10.2. The van der Waals surface area contributed by atoms with Gasteiger partial charge < -0.3 is 15.0 Å². The second kappa shape index (κ2) is 10.8. The minimum absolute atomic E-state index is 0. The summed E-state index contributed by atoms with van der Waals surface area (Å²) in [6.45, 7) is 9.64. The van der Waals surface area contributed by atoms with Crippen LogP contribution in [0.3, 0.4) is 0 Å². The number of hydrogen-bond donors (Lipinski definition) is 1. The molecule has 29 heavy (non-hydrogen) atoms. The lowest BCUT2D eigenvalue weighted by molar-refractivity contribution is 0.268. The van der Waals surface area contributed by atoms with Gasteiger partial charge in [-0.05, 0) is 30.9 Å². The van der Waals surface area contributed by atoms with Crippen molar-refractivity contribution >= 4 is 29.9 Å². The summed E-state index contributed by atoms with van der Waals surface area (Å²) in [5, 5.41) is 8.07. The zero-order valence-electron chi connectivity index (χ0n) is 18.2. The van der Waals surface area contributed by atoms with Gasteiger partial charge in [-0.2, -0.15) is 5.10 Å². The molecule has 0 amide bonds. The molecule has 7 heteroatoms. The van der Waals surface area contributed by atoms with Crippen molar-refractivity contribution in [3.05, 3.63) is 47.3 Å². The number of nitrogens with zero attached hydrogens (tertiary/aromatic N) is 4. The summed E-state index contributed by atoms with van der Waals surface area (Å²) in [6.07, 6.45) is 3.12. The van der Waals surface area contributed by atoms with Crippen molar-refractivity contribution in [2.24, 2.45) is 12.0 Å². The molecule has 1 aliphatic rings. The average molecular weight is 511 g/mol. The lowest BCUT2D eigenvalue weighted by Gasteiger charge is -2.26. The monoisotopic (exact) mass is 511 g/mol. The fourth-order valence-electron chi connectivity index (χ4n) is 3.77. The van der Waals surface area contributed by atoms with E-state index in [-0.39, 0.29) is 24.0 Å². The van der Waals surface area contributed by atoms with Crippen molar-refractivity contribution in [1.29, 1.82) is 0 Å². The summed E-state index contributed by atoms with van der Waals surface area (Å²) in [5.41, 5.74) is 3.68. The topological polar surface area (TPSA) is 54.7 Å². The summed E-state index contributed by atoms with van der Waals surface area (Å²) >= 11 is 0. The molecule has 6 nitrogen and oxygen atoms in total. The van der Waals surface area contributed by atoms with E-state index in [9.17, 15) is 0 Å². The molecule has 0 saturated carbocycles. The highest BCUT2D eigenvalue weighted by atomic mass is 127. The van der Waals surface area contributed by atoms with Gasteiger partial charge >= 0.3 is 0 Å². The van der Waals surface area contributed by atoms with Crippen molar-refractivity contribution in [1.82, 2.24) is 20.0 Å². The molecular formula is C22H34IN5O. The minimum atomic E-state index is 0. The molecule has 0 bridgehead atoms. The Morgan fingerprint density at radius 3 is 2.86 bits per heavy atom. The molecular weight excluding hydrogens is 477 g/mol. The maximum absolute atomic E-state index is 5.79. The smallest absolute Gasteiger partial charge is 0.193 e. The van der Waals surface area contributed by atoms with Gasteiger partial charge in [0, 0.05) is 51.4 Å². The third kappa shape index (κ3) is 5.87. The molecule has 1 aromatic heterocycles. The van der Waals surface area contributed by atoms with E-state index in [0.717, 1.165) is 50.1 Å². The summed E-state index contributed by atoms with van der Waals surface area (Å²) in [7, 11) is 4.08. The number of aromatic nitrogens is 2. The molecule has 0 spiro atoms. The van der Waals surface area contributed by atoms with E-state index in [1.807, 2.05) is 17.8 Å². The molecule has 0 saturated heterocycles. The second-order valence-corrected chi connectivity index (χ2v) is 7.79. The highest BCUT2D eigenvalue weighted by Crippen LogP contribution is 2.33. The summed E-state index contributed by atoms with van der Waals surface area (Å²) in [5.74, 6) is 2.74. The van der Waals surface area contributed by atoms with Crippen LogP contribution in [0.1, 0.15) is 55.8 Å². The third-order valence-electron chi connectivity index (χ3n) is 5.13. The highest BCUT2D eigenvalue weighted by molar-refractivity contribution is 14.0. The quantitative estimate of drug-likeness (QED) is 0.360. The predicted molar refractivity (Wildman–Crippen MR) is 129 cm³/mol. The van der Waals surface area contributed by atoms with E-state index < -0.39 is 0 Å². The number of nitrogens with one attached hydrogen (secondary N) is 1. The van der Waals surface area contributed by atoms with E-state index in [0.29, 0.717) is 11.8 Å². The number of hydrogen-bond acceptors (Lipinski definition) is 3. The Balaban J connectivity index is 0.00000300. The standard InChI is InChI=1S/C22H33N5O.HI/c1-6-23-22(26(4)14-18-15-27(5)25-21(18)16(2)3)24-13-17-11-12-28-20-10-8-7-9-19(17)20;/h7-10,15-17H,6,11-14H2,1-5H3,(H,23,24);1H. The number of para-hydroxylation sites is 1. The number of fused-ring (bicyclic) bond motifs is 1. The minimum Gasteiger partial charge on any atom is -0.493 e. The van der Waals surface area contributed by atoms with Crippen LogP contribution in [-0.2, 0) is 13.6 Å². The van der Waals surface area contributed by atoms with Crippen molar-refractivity contribution in [3.8, 4) is 5.75 Å². The fraction of sp³-hybridized carbons (Fsp3) is 0.545. The number of benzene rings is 1. The van der Waals surface area contributed by atoms with E-state index >= 15 is 0 Å². The Labute approximate surface area is 191 Å². The van der Waals surface area contributed by atoms with Gasteiger partial charge in [0.2, 0.25) is 0 Å². The molecule has 0 radical (unpaired) electrons. The highest BCUT2D eigenvalue weighted by Gasteiger charge is 2.21. The lowest BCUT2D eigenvalue weighted by Crippen LogP contribution is -2.39. The Bertz CT molecular complexity index is 817. The Morgan fingerprint density at radius 1 is 1.38 bits per heavy atom. The second-order valence-electron chi connectivity index (χ2n) is 7.79. The van der Waals surface area contributed by atoms with Crippen LogP contribution in [0.2, 0.25) is 0 Å². The van der Waals surface area contributed by atoms with Gasteiger partial charge in [0.25, 0.3) is 0 Å². The largest absolute Gasteiger partial charge is 0.493 e. The lowest BCUT2D eigenvalue weighted by atomic mass is 9.93. The molecule has 1 aliphatic heterocycles.